The summed E-state index contributed by atoms with van der Waals surface area (Å²) in [5, 5.41) is 6.90. The van der Waals surface area contributed by atoms with Gasteiger partial charge in [0.2, 0.25) is 5.91 Å². The molecule has 0 bridgehead atoms. The summed E-state index contributed by atoms with van der Waals surface area (Å²) in [6.07, 6.45) is 10.5. The van der Waals surface area contributed by atoms with Gasteiger partial charge in [0.25, 0.3) is 0 Å². The second-order valence-electron chi connectivity index (χ2n) is 7.62. The van der Waals surface area contributed by atoms with Gasteiger partial charge in [-0.3, -0.25) is 9.79 Å². The SMILES string of the molecule is CCCCCCC(C)NC(=NC)NCCCCN1CCC(C(N)=O)CC1.I. The molecule has 1 rings (SSSR count). The van der Waals surface area contributed by atoms with Crippen molar-refractivity contribution in [2.45, 2.75) is 77.7 Å². The van der Waals surface area contributed by atoms with Crippen molar-refractivity contribution >= 4 is 35.8 Å². The topological polar surface area (TPSA) is 82.8 Å². The van der Waals surface area contributed by atoms with Crippen molar-refractivity contribution in [1.29, 1.82) is 0 Å². The predicted octanol–water partition coefficient (Wildman–Crippen LogP) is 3.11. The third-order valence-corrected chi connectivity index (χ3v) is 5.28. The highest BCUT2D eigenvalue weighted by atomic mass is 127. The molecule has 0 aromatic carbocycles. The summed E-state index contributed by atoms with van der Waals surface area (Å²) in [6, 6.07) is 0.463. The molecular weight excluding hydrogens is 453 g/mol. The Morgan fingerprint density at radius 1 is 1.19 bits per heavy atom. The number of aliphatic imine (C=N–C) groups is 1. The zero-order valence-electron chi connectivity index (χ0n) is 17.6. The van der Waals surface area contributed by atoms with Crippen molar-refractivity contribution in [2.24, 2.45) is 16.6 Å². The van der Waals surface area contributed by atoms with Crippen LogP contribution in [0.4, 0.5) is 0 Å². The lowest BCUT2D eigenvalue weighted by Crippen LogP contribution is -2.42. The number of hydrogen-bond donors (Lipinski definition) is 3. The number of rotatable bonds is 12. The van der Waals surface area contributed by atoms with Crippen molar-refractivity contribution < 1.29 is 4.79 Å². The second-order valence-corrected chi connectivity index (χ2v) is 7.62. The van der Waals surface area contributed by atoms with Gasteiger partial charge in [-0.05, 0) is 58.7 Å². The predicted molar refractivity (Wildman–Crippen MR) is 126 cm³/mol. The monoisotopic (exact) mass is 495 g/mol. The van der Waals surface area contributed by atoms with Gasteiger partial charge in [0, 0.05) is 25.6 Å². The molecule has 1 aliphatic heterocycles. The molecule has 27 heavy (non-hydrogen) atoms. The van der Waals surface area contributed by atoms with Crippen molar-refractivity contribution in [3.8, 4) is 0 Å². The molecule has 0 spiro atoms. The molecular formula is C20H42IN5O. The number of nitrogens with zero attached hydrogens (tertiary/aromatic N) is 2. The average Bonchev–Trinajstić information content (AvgIpc) is 2.64. The van der Waals surface area contributed by atoms with Crippen LogP contribution in [0.3, 0.4) is 0 Å². The van der Waals surface area contributed by atoms with Gasteiger partial charge in [-0.25, -0.2) is 0 Å². The fraction of sp³-hybridized carbons (Fsp3) is 0.900. The van der Waals surface area contributed by atoms with Gasteiger partial charge in [0.15, 0.2) is 5.96 Å². The Bertz CT molecular complexity index is 411. The number of primary amides is 1. The van der Waals surface area contributed by atoms with Crippen LogP contribution in [0.5, 0.6) is 0 Å². The summed E-state index contributed by atoms with van der Waals surface area (Å²) < 4.78 is 0. The molecule has 4 N–H and O–H groups in total. The minimum atomic E-state index is -0.132. The van der Waals surface area contributed by atoms with Gasteiger partial charge >= 0.3 is 0 Å². The first-order chi connectivity index (χ1) is 12.6. The summed E-state index contributed by atoms with van der Waals surface area (Å²) in [5.41, 5.74) is 5.39. The third kappa shape index (κ3) is 12.5. The number of carbonyl (C=O) groups excluding carboxylic acids is 1. The van der Waals surface area contributed by atoms with Crippen LogP contribution in [0.2, 0.25) is 0 Å². The van der Waals surface area contributed by atoms with E-state index in [9.17, 15) is 4.79 Å². The number of nitrogens with two attached hydrogens (primary N) is 1. The Morgan fingerprint density at radius 2 is 1.89 bits per heavy atom. The molecule has 0 aromatic rings. The largest absolute Gasteiger partial charge is 0.369 e. The number of halogens is 1. The van der Waals surface area contributed by atoms with Gasteiger partial charge < -0.3 is 21.3 Å². The molecule has 1 heterocycles. The lowest BCUT2D eigenvalue weighted by atomic mass is 9.96. The summed E-state index contributed by atoms with van der Waals surface area (Å²) in [4.78, 5) is 18.0. The third-order valence-electron chi connectivity index (χ3n) is 5.28. The summed E-state index contributed by atoms with van der Waals surface area (Å²) >= 11 is 0. The van der Waals surface area contributed by atoms with Crippen LogP contribution in [0.1, 0.15) is 71.6 Å². The first kappa shape index (κ1) is 26.4. The van der Waals surface area contributed by atoms with E-state index < -0.39 is 0 Å². The van der Waals surface area contributed by atoms with Gasteiger partial charge in [-0.2, -0.15) is 0 Å². The Hall–Kier alpha value is -0.570. The van der Waals surface area contributed by atoms with Crippen molar-refractivity contribution in [3.05, 3.63) is 0 Å². The molecule has 1 atom stereocenters. The number of piperidine rings is 1. The lowest BCUT2D eigenvalue weighted by molar-refractivity contribution is -0.123. The van der Waals surface area contributed by atoms with E-state index in [4.69, 9.17) is 5.73 Å². The Balaban J connectivity index is 0.00000676. The van der Waals surface area contributed by atoms with E-state index in [1.54, 1.807) is 0 Å². The molecule has 1 amide bonds. The smallest absolute Gasteiger partial charge is 0.220 e. The number of unbranched alkanes of at least 4 members (excludes halogenated alkanes) is 4. The van der Waals surface area contributed by atoms with E-state index in [-0.39, 0.29) is 35.8 Å². The van der Waals surface area contributed by atoms with Crippen LogP contribution in [0.25, 0.3) is 0 Å². The van der Waals surface area contributed by atoms with E-state index in [1.807, 2.05) is 7.05 Å². The zero-order valence-corrected chi connectivity index (χ0v) is 20.0. The fourth-order valence-electron chi connectivity index (χ4n) is 3.49. The van der Waals surface area contributed by atoms with E-state index in [2.05, 4.69) is 34.4 Å². The molecule has 1 aliphatic rings. The number of hydrogen-bond acceptors (Lipinski definition) is 3. The molecule has 0 saturated carbocycles. The summed E-state index contributed by atoms with van der Waals surface area (Å²) in [5.74, 6) is 0.869. The molecule has 1 saturated heterocycles. The summed E-state index contributed by atoms with van der Waals surface area (Å²) in [7, 11) is 1.84. The maximum Gasteiger partial charge on any atom is 0.220 e. The number of likely N-dealkylation sites (tertiary alicyclic amines) is 1. The van der Waals surface area contributed by atoms with E-state index in [0.717, 1.165) is 57.8 Å². The molecule has 0 radical (unpaired) electrons. The Labute approximate surface area is 183 Å². The van der Waals surface area contributed by atoms with Gasteiger partial charge in [0.1, 0.15) is 0 Å². The molecule has 160 valence electrons. The maximum atomic E-state index is 11.2. The minimum absolute atomic E-state index is 0. The molecule has 0 aliphatic carbocycles. The first-order valence-corrected chi connectivity index (χ1v) is 10.6. The highest BCUT2D eigenvalue weighted by Crippen LogP contribution is 2.16. The van der Waals surface area contributed by atoms with Crippen molar-refractivity contribution in [2.75, 3.05) is 33.2 Å². The van der Waals surface area contributed by atoms with E-state index in [1.165, 1.54) is 32.1 Å². The fourth-order valence-corrected chi connectivity index (χ4v) is 3.49. The van der Waals surface area contributed by atoms with Crippen LogP contribution < -0.4 is 16.4 Å². The van der Waals surface area contributed by atoms with Crippen LogP contribution >= 0.6 is 24.0 Å². The van der Waals surface area contributed by atoms with Crippen LogP contribution in [0.15, 0.2) is 4.99 Å². The van der Waals surface area contributed by atoms with Gasteiger partial charge in [-0.1, -0.05) is 32.6 Å². The zero-order chi connectivity index (χ0) is 19.2. The number of guanidine groups is 1. The molecule has 0 aromatic heterocycles. The average molecular weight is 495 g/mol. The van der Waals surface area contributed by atoms with Crippen molar-refractivity contribution in [3.63, 3.8) is 0 Å². The first-order valence-electron chi connectivity index (χ1n) is 10.6. The normalized spacial score (nSPS) is 17.2. The van der Waals surface area contributed by atoms with E-state index >= 15 is 0 Å². The number of nitrogens with one attached hydrogen (secondary N) is 2. The maximum absolute atomic E-state index is 11.2. The Morgan fingerprint density at radius 3 is 2.48 bits per heavy atom. The van der Waals surface area contributed by atoms with Crippen LogP contribution in [0, 0.1) is 5.92 Å². The minimum Gasteiger partial charge on any atom is -0.369 e. The van der Waals surface area contributed by atoms with Crippen molar-refractivity contribution in [1.82, 2.24) is 15.5 Å². The quantitative estimate of drug-likeness (QED) is 0.168. The van der Waals surface area contributed by atoms with Gasteiger partial charge in [0.05, 0.1) is 0 Å². The molecule has 1 fully saturated rings. The highest BCUT2D eigenvalue weighted by Gasteiger charge is 2.22. The lowest BCUT2D eigenvalue weighted by Gasteiger charge is -2.30. The second kappa shape index (κ2) is 16.4. The summed E-state index contributed by atoms with van der Waals surface area (Å²) in [6.45, 7) is 8.53. The standard InChI is InChI=1S/C20H41N5O.HI/c1-4-5-6-7-10-17(2)24-20(22-3)23-13-8-9-14-25-15-11-18(12-16-25)19(21)26;/h17-18H,4-16H2,1-3H3,(H2,21,26)(H2,22,23,24);1H. The highest BCUT2D eigenvalue weighted by molar-refractivity contribution is 14.0. The number of amides is 1. The van der Waals surface area contributed by atoms with E-state index in [0.29, 0.717) is 6.04 Å². The van der Waals surface area contributed by atoms with Crippen LogP contribution in [-0.2, 0) is 4.79 Å². The molecule has 7 heteroatoms. The van der Waals surface area contributed by atoms with Gasteiger partial charge in [-0.15, -0.1) is 24.0 Å². The number of carbonyl (C=O) groups is 1. The molecule has 1 unspecified atom stereocenters. The Kier molecular flexibility index (Phi) is 16.0. The molecule has 6 nitrogen and oxygen atoms in total. The van der Waals surface area contributed by atoms with Crippen LogP contribution in [-0.4, -0.2) is 56.0 Å².